The Labute approximate surface area is 151 Å². The standard InChI is InChI=1S/C17H22FN5OS/c1-22(2)9-10-25-17-21-20-15(23(17)3)12-19-16(24)8-7-13-5-4-6-14(18)11-13/h4-8,11H,9-10,12H2,1-3H3,(H,19,24)/b8-7+. The highest BCUT2D eigenvalue weighted by atomic mass is 32.2. The maximum atomic E-state index is 13.1. The third-order valence-corrected chi connectivity index (χ3v) is 4.39. The molecular formula is C17H22FN5OS. The summed E-state index contributed by atoms with van der Waals surface area (Å²) in [6.45, 7) is 1.23. The number of nitrogens with one attached hydrogen (secondary N) is 1. The first kappa shape index (κ1) is 19.1. The lowest BCUT2D eigenvalue weighted by atomic mass is 10.2. The molecule has 1 amide bonds. The molecule has 0 atom stereocenters. The second-order valence-corrected chi connectivity index (χ2v) is 6.78. The molecule has 0 aliphatic rings. The van der Waals surface area contributed by atoms with Crippen LogP contribution in [0.5, 0.6) is 0 Å². The third-order valence-electron chi connectivity index (χ3n) is 3.39. The van der Waals surface area contributed by atoms with E-state index in [1.807, 2.05) is 25.7 Å². The van der Waals surface area contributed by atoms with E-state index in [4.69, 9.17) is 0 Å². The van der Waals surface area contributed by atoms with Crippen LogP contribution in [0.3, 0.4) is 0 Å². The van der Waals surface area contributed by atoms with Crippen molar-refractivity contribution in [2.24, 2.45) is 7.05 Å². The molecular weight excluding hydrogens is 341 g/mol. The second-order valence-electron chi connectivity index (χ2n) is 5.72. The van der Waals surface area contributed by atoms with Crippen molar-refractivity contribution in [3.8, 4) is 0 Å². The van der Waals surface area contributed by atoms with E-state index in [-0.39, 0.29) is 18.3 Å². The molecule has 2 aromatic rings. The number of benzene rings is 1. The summed E-state index contributed by atoms with van der Waals surface area (Å²) < 4.78 is 15.0. The summed E-state index contributed by atoms with van der Waals surface area (Å²) in [7, 11) is 5.92. The van der Waals surface area contributed by atoms with E-state index in [0.29, 0.717) is 11.4 Å². The van der Waals surface area contributed by atoms with Gasteiger partial charge in [0.1, 0.15) is 5.82 Å². The van der Waals surface area contributed by atoms with Gasteiger partial charge in [0.05, 0.1) is 6.54 Å². The maximum absolute atomic E-state index is 13.1. The van der Waals surface area contributed by atoms with Crippen molar-refractivity contribution < 1.29 is 9.18 Å². The third kappa shape index (κ3) is 6.32. The van der Waals surface area contributed by atoms with Gasteiger partial charge in [-0.05, 0) is 37.9 Å². The van der Waals surface area contributed by atoms with Gasteiger partial charge in [0.15, 0.2) is 11.0 Å². The van der Waals surface area contributed by atoms with Gasteiger partial charge in [0.25, 0.3) is 0 Å². The van der Waals surface area contributed by atoms with Crippen LogP contribution in [0.25, 0.3) is 6.08 Å². The number of halogens is 1. The molecule has 25 heavy (non-hydrogen) atoms. The van der Waals surface area contributed by atoms with Gasteiger partial charge in [0.2, 0.25) is 5.91 Å². The molecule has 0 spiro atoms. The molecule has 2 rings (SSSR count). The Morgan fingerprint density at radius 3 is 2.92 bits per heavy atom. The number of thioether (sulfide) groups is 1. The number of nitrogens with zero attached hydrogens (tertiary/aromatic N) is 4. The first-order chi connectivity index (χ1) is 12.0. The number of aromatic nitrogens is 3. The Balaban J connectivity index is 1.84. The van der Waals surface area contributed by atoms with Crippen LogP contribution in [-0.2, 0) is 18.4 Å². The summed E-state index contributed by atoms with van der Waals surface area (Å²) in [5, 5.41) is 11.8. The SMILES string of the molecule is CN(C)CCSc1nnc(CNC(=O)/C=C/c2cccc(F)c2)n1C. The molecule has 0 fully saturated rings. The number of hydrogen-bond donors (Lipinski definition) is 1. The summed E-state index contributed by atoms with van der Waals surface area (Å²) in [6, 6.07) is 6.05. The van der Waals surface area contributed by atoms with Gasteiger partial charge in [-0.2, -0.15) is 0 Å². The van der Waals surface area contributed by atoms with Crippen LogP contribution in [0.2, 0.25) is 0 Å². The molecule has 134 valence electrons. The summed E-state index contributed by atoms with van der Waals surface area (Å²) in [5.74, 6) is 0.997. The Bertz CT molecular complexity index is 744. The average molecular weight is 363 g/mol. The number of carbonyl (C=O) groups excluding carboxylic acids is 1. The molecule has 1 heterocycles. The van der Waals surface area contributed by atoms with Crippen molar-refractivity contribution in [2.45, 2.75) is 11.7 Å². The highest BCUT2D eigenvalue weighted by Gasteiger charge is 2.09. The van der Waals surface area contributed by atoms with Crippen molar-refractivity contribution in [1.82, 2.24) is 25.0 Å². The van der Waals surface area contributed by atoms with Crippen LogP contribution in [0.4, 0.5) is 4.39 Å². The summed E-state index contributed by atoms with van der Waals surface area (Å²) >= 11 is 1.62. The van der Waals surface area contributed by atoms with E-state index >= 15 is 0 Å². The van der Waals surface area contributed by atoms with Crippen LogP contribution < -0.4 is 5.32 Å². The van der Waals surface area contributed by atoms with Crippen LogP contribution in [0.1, 0.15) is 11.4 Å². The monoisotopic (exact) mass is 363 g/mol. The highest BCUT2D eigenvalue weighted by Crippen LogP contribution is 2.15. The number of rotatable bonds is 8. The lowest BCUT2D eigenvalue weighted by Gasteiger charge is -2.08. The lowest BCUT2D eigenvalue weighted by molar-refractivity contribution is -0.116. The average Bonchev–Trinajstić information content (AvgIpc) is 2.91. The van der Waals surface area contributed by atoms with Gasteiger partial charge >= 0.3 is 0 Å². The number of amides is 1. The van der Waals surface area contributed by atoms with Crippen LogP contribution in [0, 0.1) is 5.82 Å². The van der Waals surface area contributed by atoms with E-state index < -0.39 is 0 Å². The molecule has 6 nitrogen and oxygen atoms in total. The lowest BCUT2D eigenvalue weighted by Crippen LogP contribution is -2.22. The van der Waals surface area contributed by atoms with Crippen molar-refractivity contribution in [3.05, 3.63) is 47.5 Å². The largest absolute Gasteiger partial charge is 0.345 e. The molecule has 0 saturated heterocycles. The minimum atomic E-state index is -0.332. The molecule has 0 aliphatic carbocycles. The van der Waals surface area contributed by atoms with E-state index in [2.05, 4.69) is 20.4 Å². The molecule has 0 saturated carbocycles. The van der Waals surface area contributed by atoms with Gasteiger partial charge in [-0.15, -0.1) is 10.2 Å². The fourth-order valence-electron chi connectivity index (χ4n) is 1.95. The predicted molar refractivity (Wildman–Crippen MR) is 97.6 cm³/mol. The zero-order valence-electron chi connectivity index (χ0n) is 14.6. The van der Waals surface area contributed by atoms with E-state index in [1.54, 1.807) is 30.0 Å². The first-order valence-corrected chi connectivity index (χ1v) is 8.81. The van der Waals surface area contributed by atoms with E-state index in [9.17, 15) is 9.18 Å². The Morgan fingerprint density at radius 1 is 1.40 bits per heavy atom. The fraction of sp³-hybridized carbons (Fsp3) is 0.353. The van der Waals surface area contributed by atoms with Crippen LogP contribution in [-0.4, -0.2) is 52.0 Å². The molecule has 8 heteroatoms. The molecule has 1 aromatic carbocycles. The molecule has 0 unspecified atom stereocenters. The van der Waals surface area contributed by atoms with E-state index in [1.165, 1.54) is 18.2 Å². The van der Waals surface area contributed by atoms with Crippen molar-refractivity contribution in [1.29, 1.82) is 0 Å². The number of carbonyl (C=O) groups is 1. The van der Waals surface area contributed by atoms with Gasteiger partial charge < -0.3 is 14.8 Å². The normalized spacial score (nSPS) is 11.4. The Morgan fingerprint density at radius 2 is 2.20 bits per heavy atom. The summed E-state index contributed by atoms with van der Waals surface area (Å²) in [5.41, 5.74) is 0.633. The highest BCUT2D eigenvalue weighted by molar-refractivity contribution is 7.99. The molecule has 0 bridgehead atoms. The quantitative estimate of drug-likeness (QED) is 0.574. The molecule has 1 N–H and O–H groups in total. The zero-order valence-corrected chi connectivity index (χ0v) is 15.4. The number of hydrogen-bond acceptors (Lipinski definition) is 5. The maximum Gasteiger partial charge on any atom is 0.244 e. The first-order valence-electron chi connectivity index (χ1n) is 7.83. The topological polar surface area (TPSA) is 63.1 Å². The Hall–Kier alpha value is -2.19. The predicted octanol–water partition coefficient (Wildman–Crippen LogP) is 1.94. The van der Waals surface area contributed by atoms with Gasteiger partial charge in [-0.1, -0.05) is 23.9 Å². The van der Waals surface area contributed by atoms with Crippen molar-refractivity contribution in [3.63, 3.8) is 0 Å². The summed E-state index contributed by atoms with van der Waals surface area (Å²) in [6.07, 6.45) is 2.94. The fourth-order valence-corrected chi connectivity index (χ4v) is 2.99. The summed E-state index contributed by atoms with van der Waals surface area (Å²) in [4.78, 5) is 14.0. The smallest absolute Gasteiger partial charge is 0.244 e. The van der Waals surface area contributed by atoms with Crippen LogP contribution in [0.15, 0.2) is 35.5 Å². The van der Waals surface area contributed by atoms with Crippen molar-refractivity contribution in [2.75, 3.05) is 26.4 Å². The van der Waals surface area contributed by atoms with Crippen molar-refractivity contribution >= 4 is 23.7 Å². The van der Waals surface area contributed by atoms with E-state index in [0.717, 1.165) is 17.5 Å². The molecule has 0 aliphatic heterocycles. The minimum absolute atomic E-state index is 0.269. The second kappa shape index (κ2) is 9.33. The van der Waals surface area contributed by atoms with Gasteiger partial charge in [-0.3, -0.25) is 4.79 Å². The molecule has 0 radical (unpaired) electrons. The van der Waals surface area contributed by atoms with Crippen LogP contribution >= 0.6 is 11.8 Å². The minimum Gasteiger partial charge on any atom is -0.345 e. The molecule has 1 aromatic heterocycles. The van der Waals surface area contributed by atoms with Gasteiger partial charge in [0, 0.05) is 25.4 Å². The van der Waals surface area contributed by atoms with Gasteiger partial charge in [-0.25, -0.2) is 4.39 Å². The zero-order chi connectivity index (χ0) is 18.2. The Kier molecular flexibility index (Phi) is 7.15.